The number of nitrogens with zero attached hydrogens (tertiary/aromatic N) is 1. The maximum Gasteiger partial charge on any atom is 0.0765 e. The molecule has 0 spiro atoms. The Kier molecular flexibility index (Phi) is 4.97. The molecule has 2 N–H and O–H groups in total. The summed E-state index contributed by atoms with van der Waals surface area (Å²) in [7, 11) is 1.95. The number of anilines is 1. The van der Waals surface area contributed by atoms with E-state index in [-0.39, 0.29) is 0 Å². The zero-order valence-corrected chi connectivity index (χ0v) is 11.3. The van der Waals surface area contributed by atoms with E-state index in [0.717, 1.165) is 13.1 Å². The van der Waals surface area contributed by atoms with Gasteiger partial charge >= 0.3 is 0 Å². The van der Waals surface area contributed by atoms with Gasteiger partial charge in [-0.3, -0.25) is 0 Å². The Bertz CT molecular complexity index is 344. The Balaban J connectivity index is 2.94. The first kappa shape index (κ1) is 14.0. The predicted molar refractivity (Wildman–Crippen MR) is 73.4 cm³/mol. The van der Waals surface area contributed by atoms with Gasteiger partial charge in [0.05, 0.1) is 5.60 Å². The van der Waals surface area contributed by atoms with Crippen molar-refractivity contribution in [3.05, 3.63) is 29.8 Å². The van der Waals surface area contributed by atoms with Crippen LogP contribution in [0.4, 0.5) is 5.69 Å². The monoisotopic (exact) mass is 236 g/mol. The predicted octanol–water partition coefficient (Wildman–Crippen LogP) is 2.00. The lowest BCUT2D eigenvalue weighted by Crippen LogP contribution is -2.39. The van der Waals surface area contributed by atoms with E-state index < -0.39 is 5.60 Å². The second-order valence-corrected chi connectivity index (χ2v) is 4.99. The minimum absolute atomic E-state index is 0.643. The average Bonchev–Trinajstić information content (AvgIpc) is 2.26. The second kappa shape index (κ2) is 6.03. The van der Waals surface area contributed by atoms with Crippen molar-refractivity contribution in [2.24, 2.45) is 0 Å². The summed E-state index contributed by atoms with van der Waals surface area (Å²) >= 11 is 0. The number of rotatable bonds is 6. The summed E-state index contributed by atoms with van der Waals surface area (Å²) in [4.78, 5) is 2.21. The van der Waals surface area contributed by atoms with Crippen LogP contribution in [0.2, 0.25) is 0 Å². The summed E-state index contributed by atoms with van der Waals surface area (Å²) in [6.07, 6.45) is 0. The van der Waals surface area contributed by atoms with Gasteiger partial charge in [0.2, 0.25) is 0 Å². The van der Waals surface area contributed by atoms with Gasteiger partial charge in [-0.25, -0.2) is 0 Å². The minimum atomic E-state index is -0.678. The molecule has 17 heavy (non-hydrogen) atoms. The second-order valence-electron chi connectivity index (χ2n) is 4.99. The van der Waals surface area contributed by atoms with Crippen molar-refractivity contribution in [2.75, 3.05) is 25.0 Å². The van der Waals surface area contributed by atoms with Gasteiger partial charge in [-0.15, -0.1) is 0 Å². The molecule has 3 nitrogen and oxygen atoms in total. The number of benzene rings is 1. The van der Waals surface area contributed by atoms with Gasteiger partial charge < -0.3 is 15.3 Å². The van der Waals surface area contributed by atoms with E-state index in [2.05, 4.69) is 29.3 Å². The van der Waals surface area contributed by atoms with E-state index in [1.165, 1.54) is 11.3 Å². The maximum absolute atomic E-state index is 9.94. The summed E-state index contributed by atoms with van der Waals surface area (Å²) in [5.74, 6) is 0. The van der Waals surface area contributed by atoms with Crippen molar-refractivity contribution < 1.29 is 5.11 Å². The lowest BCUT2D eigenvalue weighted by molar-refractivity contribution is 0.0875. The molecule has 0 saturated heterocycles. The van der Waals surface area contributed by atoms with Gasteiger partial charge in [-0.2, -0.15) is 0 Å². The van der Waals surface area contributed by atoms with Gasteiger partial charge in [0, 0.05) is 25.3 Å². The van der Waals surface area contributed by atoms with Crippen molar-refractivity contribution in [1.29, 1.82) is 0 Å². The normalized spacial score (nSPS) is 11.6. The van der Waals surface area contributed by atoms with Crippen LogP contribution >= 0.6 is 0 Å². The molecule has 1 aromatic carbocycles. The van der Waals surface area contributed by atoms with Crippen LogP contribution < -0.4 is 10.2 Å². The molecule has 0 aromatic heterocycles. The van der Waals surface area contributed by atoms with Crippen LogP contribution in [0.15, 0.2) is 24.3 Å². The van der Waals surface area contributed by atoms with E-state index >= 15 is 0 Å². The molecule has 0 unspecified atom stereocenters. The van der Waals surface area contributed by atoms with E-state index in [4.69, 9.17) is 0 Å². The SMILES string of the molecule is CCN(CC(C)(C)O)c1ccccc1CNC. The molecule has 3 heteroatoms. The molecule has 0 aliphatic rings. The highest BCUT2D eigenvalue weighted by atomic mass is 16.3. The number of hydrogen-bond donors (Lipinski definition) is 2. The lowest BCUT2D eigenvalue weighted by Gasteiger charge is -2.31. The molecule has 1 aromatic rings. The molecule has 0 heterocycles. The van der Waals surface area contributed by atoms with E-state index in [0.29, 0.717) is 6.54 Å². The first-order chi connectivity index (χ1) is 7.98. The van der Waals surface area contributed by atoms with E-state index in [9.17, 15) is 5.11 Å². The maximum atomic E-state index is 9.94. The molecule has 0 aliphatic carbocycles. The number of likely N-dealkylation sites (N-methyl/N-ethyl adjacent to an activating group) is 1. The fourth-order valence-electron chi connectivity index (χ4n) is 1.99. The van der Waals surface area contributed by atoms with Crippen LogP contribution in [0, 0.1) is 0 Å². The fraction of sp³-hybridized carbons (Fsp3) is 0.571. The van der Waals surface area contributed by atoms with Gasteiger partial charge in [0.1, 0.15) is 0 Å². The van der Waals surface area contributed by atoms with Crippen LogP contribution in [0.1, 0.15) is 26.3 Å². The lowest BCUT2D eigenvalue weighted by atomic mass is 10.1. The van der Waals surface area contributed by atoms with Crippen LogP contribution in [0.25, 0.3) is 0 Å². The standard InChI is InChI=1S/C14H24N2O/c1-5-16(11-14(2,3)17)13-9-7-6-8-12(13)10-15-4/h6-9,15,17H,5,10-11H2,1-4H3. The smallest absolute Gasteiger partial charge is 0.0765 e. The summed E-state index contributed by atoms with van der Waals surface area (Å²) in [6, 6.07) is 8.33. The Morgan fingerprint density at radius 2 is 1.94 bits per heavy atom. The van der Waals surface area contributed by atoms with Gasteiger partial charge in [0.25, 0.3) is 0 Å². The highest BCUT2D eigenvalue weighted by Crippen LogP contribution is 2.22. The highest BCUT2D eigenvalue weighted by molar-refractivity contribution is 5.53. The van der Waals surface area contributed by atoms with Crippen LogP contribution in [0.3, 0.4) is 0 Å². The van der Waals surface area contributed by atoms with Gasteiger partial charge in [-0.1, -0.05) is 18.2 Å². The molecule has 0 saturated carbocycles. The average molecular weight is 236 g/mol. The summed E-state index contributed by atoms with van der Waals surface area (Å²) in [5, 5.41) is 13.1. The Labute approximate surface area is 104 Å². The Morgan fingerprint density at radius 1 is 1.29 bits per heavy atom. The molecule has 0 bridgehead atoms. The number of para-hydroxylation sites is 1. The van der Waals surface area contributed by atoms with Crippen molar-refractivity contribution in [1.82, 2.24) is 5.32 Å². The van der Waals surface area contributed by atoms with Crippen LogP contribution in [0.5, 0.6) is 0 Å². The largest absolute Gasteiger partial charge is 0.389 e. The molecule has 0 aliphatic heterocycles. The molecule has 1 rings (SSSR count). The molecule has 0 atom stereocenters. The third-order valence-corrected chi connectivity index (χ3v) is 2.66. The number of nitrogens with one attached hydrogen (secondary N) is 1. The molecule has 0 fully saturated rings. The van der Waals surface area contributed by atoms with Crippen molar-refractivity contribution in [2.45, 2.75) is 32.9 Å². The molecular formula is C14H24N2O. The molecule has 96 valence electrons. The van der Waals surface area contributed by atoms with Gasteiger partial charge in [-0.05, 0) is 39.4 Å². The van der Waals surface area contributed by atoms with Crippen molar-refractivity contribution >= 4 is 5.69 Å². The first-order valence-corrected chi connectivity index (χ1v) is 6.17. The van der Waals surface area contributed by atoms with Crippen molar-refractivity contribution in [3.63, 3.8) is 0 Å². The quantitative estimate of drug-likeness (QED) is 0.793. The summed E-state index contributed by atoms with van der Waals surface area (Å²) in [5.41, 5.74) is 1.79. The fourth-order valence-corrected chi connectivity index (χ4v) is 1.99. The summed E-state index contributed by atoms with van der Waals surface area (Å²) in [6.45, 7) is 8.18. The first-order valence-electron chi connectivity index (χ1n) is 6.17. The van der Waals surface area contributed by atoms with Crippen LogP contribution in [-0.4, -0.2) is 30.8 Å². The molecule has 0 amide bonds. The third kappa shape index (κ3) is 4.36. The number of hydrogen-bond acceptors (Lipinski definition) is 3. The topological polar surface area (TPSA) is 35.5 Å². The van der Waals surface area contributed by atoms with Crippen molar-refractivity contribution in [3.8, 4) is 0 Å². The zero-order valence-electron chi connectivity index (χ0n) is 11.3. The Morgan fingerprint density at radius 3 is 2.47 bits per heavy atom. The Hall–Kier alpha value is -1.06. The minimum Gasteiger partial charge on any atom is -0.389 e. The molecule has 0 radical (unpaired) electrons. The third-order valence-electron chi connectivity index (χ3n) is 2.66. The number of aliphatic hydroxyl groups is 1. The van der Waals surface area contributed by atoms with Gasteiger partial charge in [0.15, 0.2) is 0 Å². The molecular weight excluding hydrogens is 212 g/mol. The van der Waals surface area contributed by atoms with E-state index in [1.54, 1.807) is 0 Å². The zero-order chi connectivity index (χ0) is 12.9. The highest BCUT2D eigenvalue weighted by Gasteiger charge is 2.18. The van der Waals surface area contributed by atoms with E-state index in [1.807, 2.05) is 33.0 Å². The van der Waals surface area contributed by atoms with Crippen LogP contribution in [-0.2, 0) is 6.54 Å². The summed E-state index contributed by atoms with van der Waals surface area (Å²) < 4.78 is 0.